The second kappa shape index (κ2) is 6.78. The molecule has 0 aliphatic carbocycles. The number of nitrogens with two attached hydrogens (primary N) is 1. The Balaban J connectivity index is 0.00000200. The Morgan fingerprint density at radius 2 is 1.35 bits per heavy atom. The van der Waals surface area contributed by atoms with E-state index in [9.17, 15) is 0 Å². The maximum absolute atomic E-state index is 6.23. The minimum Gasteiger partial charge on any atom is -0.457 e. The van der Waals surface area contributed by atoms with Gasteiger partial charge in [-0.25, -0.2) is 0 Å². The standard InChI is InChI=1S/C17H21NO.ClH/c1-17(2,3)16(18)13-9-11-15(12-10-13)19-14-7-5-4-6-8-14;/h4-12,16H,18H2,1-3H3;1H/t16-;/m1./s1. The number of rotatable bonds is 3. The quantitative estimate of drug-likeness (QED) is 0.868. The second-order valence-corrected chi connectivity index (χ2v) is 5.83. The van der Waals surface area contributed by atoms with Crippen LogP contribution in [0.25, 0.3) is 0 Å². The van der Waals surface area contributed by atoms with Gasteiger partial charge in [0, 0.05) is 6.04 Å². The second-order valence-electron chi connectivity index (χ2n) is 5.83. The van der Waals surface area contributed by atoms with Crippen molar-refractivity contribution in [3.05, 3.63) is 60.2 Å². The molecule has 2 aromatic rings. The van der Waals surface area contributed by atoms with Gasteiger partial charge in [-0.15, -0.1) is 12.4 Å². The Bertz CT molecular complexity index is 517. The van der Waals surface area contributed by atoms with Crippen LogP contribution in [-0.4, -0.2) is 0 Å². The van der Waals surface area contributed by atoms with E-state index in [1.165, 1.54) is 0 Å². The maximum atomic E-state index is 6.23. The lowest BCUT2D eigenvalue weighted by molar-refractivity contribution is 0.327. The van der Waals surface area contributed by atoms with Gasteiger partial charge in [0.05, 0.1) is 0 Å². The Morgan fingerprint density at radius 1 is 0.850 bits per heavy atom. The van der Waals surface area contributed by atoms with E-state index >= 15 is 0 Å². The van der Waals surface area contributed by atoms with Gasteiger partial charge in [0.2, 0.25) is 0 Å². The van der Waals surface area contributed by atoms with Gasteiger partial charge in [-0.1, -0.05) is 51.1 Å². The summed E-state index contributed by atoms with van der Waals surface area (Å²) in [6.45, 7) is 6.43. The fourth-order valence-corrected chi connectivity index (χ4v) is 1.87. The van der Waals surface area contributed by atoms with Crippen molar-refractivity contribution in [1.29, 1.82) is 0 Å². The van der Waals surface area contributed by atoms with Gasteiger partial charge in [-0.05, 0) is 35.2 Å². The summed E-state index contributed by atoms with van der Waals surface area (Å²) in [5, 5.41) is 0. The minimum atomic E-state index is 0. The molecule has 0 aliphatic heterocycles. The average Bonchev–Trinajstić information content (AvgIpc) is 2.39. The molecule has 0 fully saturated rings. The van der Waals surface area contributed by atoms with Crippen LogP contribution in [0.15, 0.2) is 54.6 Å². The maximum Gasteiger partial charge on any atom is 0.127 e. The highest BCUT2D eigenvalue weighted by Crippen LogP contribution is 2.31. The highest BCUT2D eigenvalue weighted by Gasteiger charge is 2.21. The molecule has 0 bridgehead atoms. The van der Waals surface area contributed by atoms with Crippen molar-refractivity contribution < 1.29 is 4.74 Å². The van der Waals surface area contributed by atoms with Crippen LogP contribution in [0, 0.1) is 5.41 Å². The molecule has 0 unspecified atom stereocenters. The predicted octanol–water partition coefficient (Wildman–Crippen LogP) is 4.95. The molecule has 108 valence electrons. The summed E-state index contributed by atoms with van der Waals surface area (Å²) in [6.07, 6.45) is 0. The van der Waals surface area contributed by atoms with Crippen LogP contribution in [0.1, 0.15) is 32.4 Å². The summed E-state index contributed by atoms with van der Waals surface area (Å²) >= 11 is 0. The van der Waals surface area contributed by atoms with Crippen LogP contribution < -0.4 is 10.5 Å². The molecular weight excluding hydrogens is 270 g/mol. The normalized spacial score (nSPS) is 12.4. The molecule has 0 aromatic heterocycles. The third-order valence-electron chi connectivity index (χ3n) is 3.15. The number of hydrogen-bond donors (Lipinski definition) is 1. The molecule has 1 atom stereocenters. The van der Waals surface area contributed by atoms with E-state index in [2.05, 4.69) is 20.8 Å². The number of hydrogen-bond acceptors (Lipinski definition) is 2. The van der Waals surface area contributed by atoms with Crippen LogP contribution in [0.4, 0.5) is 0 Å². The van der Waals surface area contributed by atoms with Crippen LogP contribution in [0.3, 0.4) is 0 Å². The highest BCUT2D eigenvalue weighted by atomic mass is 35.5. The molecule has 0 amide bonds. The van der Waals surface area contributed by atoms with Crippen LogP contribution >= 0.6 is 12.4 Å². The highest BCUT2D eigenvalue weighted by molar-refractivity contribution is 5.85. The van der Waals surface area contributed by atoms with Crippen LogP contribution in [0.5, 0.6) is 11.5 Å². The molecular formula is C17H22ClNO. The third kappa shape index (κ3) is 4.26. The lowest BCUT2D eigenvalue weighted by atomic mass is 9.83. The van der Waals surface area contributed by atoms with Crippen molar-refractivity contribution in [2.45, 2.75) is 26.8 Å². The summed E-state index contributed by atoms with van der Waals surface area (Å²) in [6, 6.07) is 17.8. The smallest absolute Gasteiger partial charge is 0.127 e. The van der Waals surface area contributed by atoms with E-state index in [0.29, 0.717) is 0 Å². The molecule has 2 rings (SSSR count). The number of para-hydroxylation sites is 1. The first-order valence-electron chi connectivity index (χ1n) is 6.55. The van der Waals surface area contributed by atoms with Crippen molar-refractivity contribution in [3.8, 4) is 11.5 Å². The minimum absolute atomic E-state index is 0. The first-order valence-corrected chi connectivity index (χ1v) is 6.55. The summed E-state index contributed by atoms with van der Waals surface area (Å²) in [5.74, 6) is 1.67. The fraction of sp³-hybridized carbons (Fsp3) is 0.294. The Morgan fingerprint density at radius 3 is 1.85 bits per heavy atom. The fourth-order valence-electron chi connectivity index (χ4n) is 1.87. The van der Waals surface area contributed by atoms with Gasteiger partial charge >= 0.3 is 0 Å². The molecule has 2 aromatic carbocycles. The summed E-state index contributed by atoms with van der Waals surface area (Å²) < 4.78 is 5.76. The third-order valence-corrected chi connectivity index (χ3v) is 3.15. The lowest BCUT2D eigenvalue weighted by Crippen LogP contribution is -2.26. The molecule has 0 spiro atoms. The van der Waals surface area contributed by atoms with Gasteiger partial charge in [-0.3, -0.25) is 0 Å². The van der Waals surface area contributed by atoms with E-state index in [-0.39, 0.29) is 23.9 Å². The zero-order valence-corrected chi connectivity index (χ0v) is 13.0. The number of benzene rings is 2. The van der Waals surface area contributed by atoms with E-state index in [0.717, 1.165) is 17.1 Å². The SMILES string of the molecule is CC(C)(C)[C@H](N)c1ccc(Oc2ccccc2)cc1.Cl. The zero-order chi connectivity index (χ0) is 13.9. The van der Waals surface area contributed by atoms with Crippen LogP contribution in [-0.2, 0) is 0 Å². The molecule has 0 saturated carbocycles. The van der Waals surface area contributed by atoms with Gasteiger partial charge in [0.15, 0.2) is 0 Å². The van der Waals surface area contributed by atoms with Crippen molar-refractivity contribution in [3.63, 3.8) is 0 Å². The molecule has 0 heterocycles. The summed E-state index contributed by atoms with van der Waals surface area (Å²) in [5.41, 5.74) is 7.42. The average molecular weight is 292 g/mol. The Hall–Kier alpha value is -1.51. The molecule has 20 heavy (non-hydrogen) atoms. The topological polar surface area (TPSA) is 35.2 Å². The lowest BCUT2D eigenvalue weighted by Gasteiger charge is -2.27. The van der Waals surface area contributed by atoms with Crippen molar-refractivity contribution >= 4 is 12.4 Å². The predicted molar refractivity (Wildman–Crippen MR) is 86.6 cm³/mol. The molecule has 0 saturated heterocycles. The van der Waals surface area contributed by atoms with Gasteiger partial charge in [0.1, 0.15) is 11.5 Å². The van der Waals surface area contributed by atoms with Crippen LogP contribution in [0.2, 0.25) is 0 Å². The number of halogens is 1. The first kappa shape index (κ1) is 16.5. The Kier molecular flexibility index (Phi) is 5.61. The van der Waals surface area contributed by atoms with Crippen molar-refractivity contribution in [2.24, 2.45) is 11.1 Å². The van der Waals surface area contributed by atoms with E-state index < -0.39 is 0 Å². The zero-order valence-electron chi connectivity index (χ0n) is 12.2. The Labute approximate surface area is 127 Å². The molecule has 0 aliphatic rings. The molecule has 3 heteroatoms. The van der Waals surface area contributed by atoms with E-state index in [1.807, 2.05) is 54.6 Å². The summed E-state index contributed by atoms with van der Waals surface area (Å²) in [7, 11) is 0. The van der Waals surface area contributed by atoms with Crippen molar-refractivity contribution in [1.82, 2.24) is 0 Å². The van der Waals surface area contributed by atoms with Crippen molar-refractivity contribution in [2.75, 3.05) is 0 Å². The molecule has 2 nitrogen and oxygen atoms in total. The molecule has 0 radical (unpaired) electrons. The summed E-state index contributed by atoms with van der Waals surface area (Å²) in [4.78, 5) is 0. The van der Waals surface area contributed by atoms with E-state index in [1.54, 1.807) is 0 Å². The number of ether oxygens (including phenoxy) is 1. The first-order chi connectivity index (χ1) is 8.97. The molecule has 2 N–H and O–H groups in total. The monoisotopic (exact) mass is 291 g/mol. The largest absolute Gasteiger partial charge is 0.457 e. The van der Waals surface area contributed by atoms with Gasteiger partial charge in [-0.2, -0.15) is 0 Å². The van der Waals surface area contributed by atoms with Gasteiger partial charge in [0.25, 0.3) is 0 Å². The van der Waals surface area contributed by atoms with E-state index in [4.69, 9.17) is 10.5 Å². The van der Waals surface area contributed by atoms with Gasteiger partial charge < -0.3 is 10.5 Å².